The highest BCUT2D eigenvalue weighted by molar-refractivity contribution is 7.99. The predicted molar refractivity (Wildman–Crippen MR) is 115 cm³/mol. The molecule has 0 aromatic carbocycles. The van der Waals surface area contributed by atoms with E-state index in [-0.39, 0.29) is 5.91 Å². The summed E-state index contributed by atoms with van der Waals surface area (Å²) < 4.78 is 0. The maximum Gasteiger partial charge on any atom is 0.261 e. The molecule has 0 aliphatic heterocycles. The normalized spacial score (nSPS) is 11.9. The van der Waals surface area contributed by atoms with Crippen molar-refractivity contribution in [2.45, 2.75) is 11.7 Å². The summed E-state index contributed by atoms with van der Waals surface area (Å²) in [4.78, 5) is 29.1. The molecule has 0 saturated carbocycles. The smallest absolute Gasteiger partial charge is 0.261 e. The molecule has 0 spiro atoms. The Labute approximate surface area is 173 Å². The summed E-state index contributed by atoms with van der Waals surface area (Å²) in [7, 11) is 0. The van der Waals surface area contributed by atoms with Crippen LogP contribution in [0.1, 0.15) is 16.1 Å². The molecule has 3 rings (SSSR count). The molecule has 9 heteroatoms. The summed E-state index contributed by atoms with van der Waals surface area (Å²) >= 11 is 6.22. The Balaban J connectivity index is 1.59. The molecule has 0 aliphatic carbocycles. The van der Waals surface area contributed by atoms with Crippen LogP contribution in [0.4, 0.5) is 0 Å². The highest BCUT2D eigenvalue weighted by Gasteiger charge is 2.17. The molecule has 27 heavy (non-hydrogen) atoms. The molecule has 0 saturated heterocycles. The third-order valence-corrected chi connectivity index (χ3v) is 8.27. The maximum atomic E-state index is 12.3. The van der Waals surface area contributed by atoms with Crippen molar-refractivity contribution in [3.05, 3.63) is 46.7 Å². The van der Waals surface area contributed by atoms with Gasteiger partial charge in [0.05, 0.1) is 10.1 Å². The summed E-state index contributed by atoms with van der Waals surface area (Å²) in [6, 6.07) is 12.1. The molecule has 2 amide bonds. The lowest BCUT2D eigenvalue weighted by Gasteiger charge is -2.12. The molecular weight excluding hydrogens is 420 g/mol. The number of amides is 2. The van der Waals surface area contributed by atoms with Gasteiger partial charge in [-0.1, -0.05) is 6.07 Å². The Morgan fingerprint density at radius 3 is 2.44 bits per heavy atom. The summed E-state index contributed by atoms with van der Waals surface area (Å²) in [5.41, 5.74) is 1.65. The molecule has 5 nitrogen and oxygen atoms in total. The molecule has 3 aromatic heterocycles. The number of hydrogen-bond donors (Lipinski definition) is 3. The zero-order valence-corrected chi connectivity index (χ0v) is 17.7. The van der Waals surface area contributed by atoms with Gasteiger partial charge in [0.2, 0.25) is 0 Å². The summed E-state index contributed by atoms with van der Waals surface area (Å²) in [5.74, 6) is -0.597. The fourth-order valence-electron chi connectivity index (χ4n) is 2.45. The first-order chi connectivity index (χ1) is 13.1. The van der Waals surface area contributed by atoms with E-state index in [0.29, 0.717) is 17.8 Å². The van der Waals surface area contributed by atoms with Gasteiger partial charge in [-0.3, -0.25) is 14.8 Å². The lowest BCUT2D eigenvalue weighted by Crippen LogP contribution is -2.33. The Kier molecular flexibility index (Phi) is 7.08. The number of nitrogens with one attached hydrogen (secondary N) is 2. The third kappa shape index (κ3) is 4.99. The van der Waals surface area contributed by atoms with E-state index in [1.165, 1.54) is 32.9 Å². The lowest BCUT2D eigenvalue weighted by atomic mass is 10.3. The van der Waals surface area contributed by atoms with E-state index in [0.717, 1.165) is 9.75 Å². The fraction of sp³-hybridized carbons (Fsp3) is 0.222. The number of thioether (sulfide) groups is 1. The Morgan fingerprint density at radius 2 is 1.78 bits per heavy atom. The van der Waals surface area contributed by atoms with Crippen LogP contribution in [0.5, 0.6) is 0 Å². The van der Waals surface area contributed by atoms with Gasteiger partial charge in [0.1, 0.15) is 0 Å². The van der Waals surface area contributed by atoms with Gasteiger partial charge in [0.15, 0.2) is 0 Å². The molecule has 0 radical (unpaired) electrons. The van der Waals surface area contributed by atoms with Gasteiger partial charge in [0.25, 0.3) is 11.8 Å². The van der Waals surface area contributed by atoms with E-state index in [1.54, 1.807) is 34.4 Å². The van der Waals surface area contributed by atoms with Crippen molar-refractivity contribution < 1.29 is 14.8 Å². The fourth-order valence-corrected chi connectivity index (χ4v) is 5.92. The zero-order chi connectivity index (χ0) is 19.2. The zero-order valence-electron chi connectivity index (χ0n) is 14.4. The minimum atomic E-state index is -0.450. The van der Waals surface area contributed by atoms with Gasteiger partial charge in [-0.15, -0.1) is 34.0 Å². The summed E-state index contributed by atoms with van der Waals surface area (Å²) in [6.07, 6.45) is 2.24. The van der Waals surface area contributed by atoms with E-state index in [2.05, 4.69) is 28.9 Å². The van der Waals surface area contributed by atoms with Crippen molar-refractivity contribution >= 4 is 57.6 Å². The SMILES string of the molecule is CSC(CCNC(=O)c1ccc(-c2ccc(-c3cccs3)s2)s1)C(=O)NO. The number of carbonyl (C=O) groups excluding carboxylic acids is 2. The Hall–Kier alpha value is -1.65. The second-order valence-corrected chi connectivity index (χ2v) is 9.71. The molecule has 3 aromatic rings. The number of rotatable bonds is 8. The third-order valence-electron chi connectivity index (χ3n) is 3.82. The Morgan fingerprint density at radius 1 is 1.07 bits per heavy atom. The molecule has 1 atom stereocenters. The van der Waals surface area contributed by atoms with Crippen molar-refractivity contribution in [1.29, 1.82) is 0 Å². The minimum absolute atomic E-state index is 0.148. The van der Waals surface area contributed by atoms with E-state index >= 15 is 0 Å². The van der Waals surface area contributed by atoms with Crippen LogP contribution in [0.25, 0.3) is 19.5 Å². The van der Waals surface area contributed by atoms with Crippen LogP contribution in [0, 0.1) is 0 Å². The maximum absolute atomic E-state index is 12.3. The number of hydrogen-bond acceptors (Lipinski definition) is 7. The first-order valence-corrected chi connectivity index (χ1v) is 11.9. The van der Waals surface area contributed by atoms with Crippen LogP contribution < -0.4 is 10.8 Å². The van der Waals surface area contributed by atoms with Gasteiger partial charge in [-0.05, 0) is 48.4 Å². The average molecular weight is 439 g/mol. The van der Waals surface area contributed by atoms with Gasteiger partial charge in [0, 0.05) is 26.1 Å². The van der Waals surface area contributed by atoms with Gasteiger partial charge in [-0.25, -0.2) is 5.48 Å². The largest absolute Gasteiger partial charge is 0.351 e. The van der Waals surface area contributed by atoms with Crippen LogP contribution in [0.2, 0.25) is 0 Å². The monoisotopic (exact) mass is 438 g/mol. The topological polar surface area (TPSA) is 78.4 Å². The molecule has 0 bridgehead atoms. The number of carbonyl (C=O) groups is 2. The Bertz CT molecular complexity index is 902. The van der Waals surface area contributed by atoms with E-state index in [1.807, 2.05) is 18.2 Å². The molecule has 3 heterocycles. The number of hydroxylamine groups is 1. The van der Waals surface area contributed by atoms with Gasteiger partial charge < -0.3 is 5.32 Å². The highest BCUT2D eigenvalue weighted by Crippen LogP contribution is 2.39. The molecule has 3 N–H and O–H groups in total. The van der Waals surface area contributed by atoms with Crippen molar-refractivity contribution in [3.63, 3.8) is 0 Å². The number of thiophene rings is 3. The van der Waals surface area contributed by atoms with Gasteiger partial charge in [-0.2, -0.15) is 11.8 Å². The van der Waals surface area contributed by atoms with Crippen LogP contribution in [0.15, 0.2) is 41.8 Å². The first kappa shape index (κ1) is 20.1. The van der Waals surface area contributed by atoms with Crippen molar-refractivity contribution in [1.82, 2.24) is 10.8 Å². The van der Waals surface area contributed by atoms with Crippen LogP contribution >= 0.6 is 45.8 Å². The van der Waals surface area contributed by atoms with E-state index in [9.17, 15) is 9.59 Å². The average Bonchev–Trinajstić information content (AvgIpc) is 3.43. The van der Waals surface area contributed by atoms with Crippen molar-refractivity contribution in [2.75, 3.05) is 12.8 Å². The summed E-state index contributed by atoms with van der Waals surface area (Å²) in [6.45, 7) is 0.368. The van der Waals surface area contributed by atoms with E-state index in [4.69, 9.17) is 5.21 Å². The van der Waals surface area contributed by atoms with Crippen molar-refractivity contribution in [2.24, 2.45) is 0 Å². The molecule has 0 aliphatic rings. The summed E-state index contributed by atoms with van der Waals surface area (Å²) in [5, 5.41) is 13.2. The van der Waals surface area contributed by atoms with Gasteiger partial charge >= 0.3 is 0 Å². The van der Waals surface area contributed by atoms with Crippen LogP contribution in [-0.4, -0.2) is 35.1 Å². The second-order valence-electron chi connectivity index (χ2n) is 5.55. The lowest BCUT2D eigenvalue weighted by molar-refractivity contribution is -0.128. The van der Waals surface area contributed by atoms with Crippen molar-refractivity contribution in [3.8, 4) is 19.5 Å². The first-order valence-electron chi connectivity index (χ1n) is 8.11. The standard InChI is InChI=1S/C18H18N2O3S4/c1-24-15(18(22)20-23)8-9-19-17(21)16-7-6-14(27-16)13-5-4-12(26-13)11-3-2-10-25-11/h2-7,10,15,23H,8-9H2,1H3,(H,19,21)(H,20,22). The van der Waals surface area contributed by atoms with Crippen LogP contribution in [-0.2, 0) is 4.79 Å². The second kappa shape index (κ2) is 9.52. The molecule has 142 valence electrons. The molecular formula is C18H18N2O3S4. The van der Waals surface area contributed by atoms with Crippen LogP contribution in [0.3, 0.4) is 0 Å². The van der Waals surface area contributed by atoms with E-state index < -0.39 is 11.2 Å². The minimum Gasteiger partial charge on any atom is -0.351 e. The predicted octanol–water partition coefficient (Wildman–Crippen LogP) is 4.56. The molecule has 0 fully saturated rings. The molecule has 1 unspecified atom stereocenters. The quantitative estimate of drug-likeness (QED) is 0.356. The highest BCUT2D eigenvalue weighted by atomic mass is 32.2.